The average molecular weight is 374 g/mol. The number of amides is 2. The maximum Gasteiger partial charge on any atom is 0.244 e. The van der Waals surface area contributed by atoms with E-state index >= 15 is 0 Å². The molecule has 1 aliphatic rings. The maximum absolute atomic E-state index is 13.4. The van der Waals surface area contributed by atoms with Crippen LogP contribution < -0.4 is 10.6 Å². The normalized spacial score (nSPS) is 15.4. The van der Waals surface area contributed by atoms with E-state index in [1.54, 1.807) is 0 Å². The Bertz CT molecular complexity index is 714. The zero-order valence-electron chi connectivity index (χ0n) is 15.1. The Kier molecular flexibility index (Phi) is 8.00. The van der Waals surface area contributed by atoms with Gasteiger partial charge in [0.05, 0.1) is 0 Å². The lowest BCUT2D eigenvalue weighted by Gasteiger charge is -2.18. The van der Waals surface area contributed by atoms with Crippen molar-refractivity contribution in [3.8, 4) is 12.3 Å². The molecule has 1 aliphatic carbocycles. The highest BCUT2D eigenvalue weighted by atomic mass is 19.1. The van der Waals surface area contributed by atoms with E-state index in [2.05, 4.69) is 16.6 Å². The Morgan fingerprint density at radius 1 is 1.22 bits per heavy atom. The smallest absolute Gasteiger partial charge is 0.244 e. The van der Waals surface area contributed by atoms with Crippen molar-refractivity contribution in [3.63, 3.8) is 0 Å². The van der Waals surface area contributed by atoms with Crippen LogP contribution in [0.4, 0.5) is 8.78 Å². The Balaban J connectivity index is 2.04. The third-order valence-corrected chi connectivity index (χ3v) is 4.48. The van der Waals surface area contributed by atoms with Crippen LogP contribution in [0.2, 0.25) is 0 Å². The minimum atomic E-state index is -0.954. The molecule has 0 aliphatic heterocycles. The molecule has 0 radical (unpaired) electrons. The van der Waals surface area contributed by atoms with Gasteiger partial charge in [0.15, 0.2) is 0 Å². The van der Waals surface area contributed by atoms with E-state index in [9.17, 15) is 18.4 Å². The van der Waals surface area contributed by atoms with Crippen molar-refractivity contribution in [2.45, 2.75) is 44.6 Å². The summed E-state index contributed by atoms with van der Waals surface area (Å²) in [4.78, 5) is 24.6. The molecule has 0 aromatic heterocycles. The summed E-state index contributed by atoms with van der Waals surface area (Å²) in [5.41, 5.74) is 0.282. The number of rotatable bonds is 8. The van der Waals surface area contributed by atoms with Crippen LogP contribution in [0.3, 0.4) is 0 Å². The van der Waals surface area contributed by atoms with Crippen molar-refractivity contribution in [1.29, 1.82) is 0 Å². The second-order valence-corrected chi connectivity index (χ2v) is 6.69. The summed E-state index contributed by atoms with van der Waals surface area (Å²) in [5.74, 6) is 0.473. The predicted molar refractivity (Wildman–Crippen MR) is 99.6 cm³/mol. The molecule has 6 heteroatoms. The molecular formula is C21H24F2N2O2. The number of allylic oxidation sites excluding steroid dienone is 1. The standard InChI is InChI=1S/C21H24F2N2O2/c1-2-3-10-24-21(27)19(13-16-11-17(22)14-18(23)12-16)25-20(26)9-8-15-6-4-5-7-15/h1,8-9,11-12,14-15,19H,3-7,10,13H2,(H,24,27)(H,25,26)/b9-8+/t19-/m0/s1. The van der Waals surface area contributed by atoms with E-state index in [0.29, 0.717) is 12.3 Å². The molecule has 1 atom stereocenters. The van der Waals surface area contributed by atoms with Crippen LogP contribution in [0.25, 0.3) is 0 Å². The van der Waals surface area contributed by atoms with Crippen LogP contribution in [0, 0.1) is 29.9 Å². The summed E-state index contributed by atoms with van der Waals surface area (Å²) in [6.45, 7) is 0.261. The number of terminal acetylenes is 1. The monoisotopic (exact) mass is 374 g/mol. The predicted octanol–water partition coefficient (Wildman–Crippen LogP) is 2.88. The molecule has 0 heterocycles. The van der Waals surface area contributed by atoms with Crippen LogP contribution >= 0.6 is 0 Å². The Labute approximate surface area is 158 Å². The van der Waals surface area contributed by atoms with Gasteiger partial charge in [0.2, 0.25) is 11.8 Å². The molecule has 1 aromatic rings. The van der Waals surface area contributed by atoms with Gasteiger partial charge in [-0.3, -0.25) is 9.59 Å². The summed E-state index contributed by atoms with van der Waals surface area (Å²) in [7, 11) is 0. The number of hydrogen-bond donors (Lipinski definition) is 2. The van der Waals surface area contributed by atoms with Crippen molar-refractivity contribution in [2.75, 3.05) is 6.54 Å². The zero-order valence-corrected chi connectivity index (χ0v) is 15.1. The Morgan fingerprint density at radius 2 is 1.89 bits per heavy atom. The van der Waals surface area contributed by atoms with Crippen LogP contribution in [0.15, 0.2) is 30.4 Å². The first-order valence-corrected chi connectivity index (χ1v) is 9.13. The summed E-state index contributed by atoms with van der Waals surface area (Å²) in [6.07, 6.45) is 13.2. The fraction of sp³-hybridized carbons (Fsp3) is 0.429. The number of carbonyl (C=O) groups is 2. The lowest BCUT2D eigenvalue weighted by Crippen LogP contribution is -2.47. The first-order valence-electron chi connectivity index (χ1n) is 9.13. The summed E-state index contributed by atoms with van der Waals surface area (Å²) in [6, 6.07) is 2.09. The maximum atomic E-state index is 13.4. The molecule has 0 bridgehead atoms. The van der Waals surface area contributed by atoms with Gasteiger partial charge in [-0.15, -0.1) is 12.3 Å². The molecule has 2 N–H and O–H groups in total. The highest BCUT2D eigenvalue weighted by Crippen LogP contribution is 2.25. The molecule has 2 rings (SSSR count). The fourth-order valence-electron chi connectivity index (χ4n) is 3.15. The molecule has 1 aromatic carbocycles. The fourth-order valence-corrected chi connectivity index (χ4v) is 3.15. The summed E-state index contributed by atoms with van der Waals surface area (Å²) < 4.78 is 26.8. The van der Waals surface area contributed by atoms with Crippen molar-refractivity contribution in [2.24, 2.45) is 5.92 Å². The average Bonchev–Trinajstić information content (AvgIpc) is 3.12. The van der Waals surface area contributed by atoms with Crippen molar-refractivity contribution < 1.29 is 18.4 Å². The third kappa shape index (κ3) is 7.22. The molecule has 0 spiro atoms. The van der Waals surface area contributed by atoms with Crippen molar-refractivity contribution >= 4 is 11.8 Å². The first-order chi connectivity index (χ1) is 13.0. The summed E-state index contributed by atoms with van der Waals surface area (Å²) >= 11 is 0. The van der Waals surface area contributed by atoms with Crippen LogP contribution in [-0.2, 0) is 16.0 Å². The van der Waals surface area contributed by atoms with Gasteiger partial charge in [-0.25, -0.2) is 8.78 Å². The number of halogens is 2. The number of carbonyl (C=O) groups excluding carboxylic acids is 2. The van der Waals surface area contributed by atoms with E-state index in [-0.39, 0.29) is 18.5 Å². The molecule has 1 fully saturated rings. The van der Waals surface area contributed by atoms with Crippen LogP contribution in [0.5, 0.6) is 0 Å². The quantitative estimate of drug-likeness (QED) is 0.418. The summed E-state index contributed by atoms with van der Waals surface area (Å²) in [5, 5.41) is 5.25. The Hall–Kier alpha value is -2.68. The zero-order chi connectivity index (χ0) is 19.6. The van der Waals surface area contributed by atoms with Crippen LogP contribution in [0.1, 0.15) is 37.7 Å². The molecular weight excluding hydrogens is 350 g/mol. The van der Waals surface area contributed by atoms with Gasteiger partial charge in [0.1, 0.15) is 17.7 Å². The molecule has 27 heavy (non-hydrogen) atoms. The van der Waals surface area contributed by atoms with E-state index in [1.165, 1.54) is 6.08 Å². The number of hydrogen-bond acceptors (Lipinski definition) is 2. The van der Waals surface area contributed by atoms with Gasteiger partial charge in [-0.05, 0) is 42.5 Å². The van der Waals surface area contributed by atoms with Gasteiger partial charge in [0, 0.05) is 25.5 Å². The Morgan fingerprint density at radius 3 is 2.52 bits per heavy atom. The van der Waals surface area contributed by atoms with Gasteiger partial charge in [-0.1, -0.05) is 18.9 Å². The molecule has 1 saturated carbocycles. The number of nitrogens with one attached hydrogen (secondary N) is 2. The minimum absolute atomic E-state index is 0.0282. The van der Waals surface area contributed by atoms with Gasteiger partial charge < -0.3 is 10.6 Å². The molecule has 4 nitrogen and oxygen atoms in total. The SMILES string of the molecule is C#CCCNC(=O)[C@H](Cc1cc(F)cc(F)c1)NC(=O)/C=C/C1CCCC1. The highest BCUT2D eigenvalue weighted by Gasteiger charge is 2.21. The van der Waals surface area contributed by atoms with Gasteiger partial charge >= 0.3 is 0 Å². The topological polar surface area (TPSA) is 58.2 Å². The third-order valence-electron chi connectivity index (χ3n) is 4.48. The first kappa shape index (κ1) is 20.6. The van der Waals surface area contributed by atoms with Crippen LogP contribution in [-0.4, -0.2) is 24.4 Å². The lowest BCUT2D eigenvalue weighted by atomic mass is 10.0. The minimum Gasteiger partial charge on any atom is -0.353 e. The van der Waals surface area contributed by atoms with Gasteiger partial charge in [-0.2, -0.15) is 0 Å². The van der Waals surface area contributed by atoms with E-state index < -0.39 is 29.5 Å². The van der Waals surface area contributed by atoms with E-state index in [1.807, 2.05) is 6.08 Å². The molecule has 144 valence electrons. The number of benzene rings is 1. The molecule has 2 amide bonds. The van der Waals surface area contributed by atoms with Crippen molar-refractivity contribution in [3.05, 3.63) is 47.5 Å². The molecule has 0 unspecified atom stereocenters. The second-order valence-electron chi connectivity index (χ2n) is 6.69. The van der Waals surface area contributed by atoms with E-state index in [4.69, 9.17) is 6.42 Å². The molecule has 0 saturated heterocycles. The largest absolute Gasteiger partial charge is 0.353 e. The van der Waals surface area contributed by atoms with Crippen molar-refractivity contribution in [1.82, 2.24) is 10.6 Å². The van der Waals surface area contributed by atoms with E-state index in [0.717, 1.165) is 43.9 Å². The lowest BCUT2D eigenvalue weighted by molar-refractivity contribution is -0.127. The highest BCUT2D eigenvalue weighted by molar-refractivity contribution is 5.93. The van der Waals surface area contributed by atoms with Gasteiger partial charge in [0.25, 0.3) is 0 Å². The second kappa shape index (κ2) is 10.5.